The Bertz CT molecular complexity index is 111. The van der Waals surface area contributed by atoms with Crippen LogP contribution >= 0.6 is 0 Å². The number of hydrogen-bond donors (Lipinski definition) is 3. The third kappa shape index (κ3) is 4.65. The lowest BCUT2D eigenvalue weighted by Gasteiger charge is -2.15. The van der Waals surface area contributed by atoms with Gasteiger partial charge in [0.05, 0.1) is 37.7 Å². The normalized spacial score (nSPS) is 12.6. The first-order valence-corrected chi connectivity index (χ1v) is 3.22. The SMILES string of the molecule is O=NN(CCO)CC(O)CO. The molecule has 0 rings (SSSR count). The molecule has 66 valence electrons. The molecule has 3 N–H and O–H groups in total. The van der Waals surface area contributed by atoms with Crippen molar-refractivity contribution in [3.8, 4) is 0 Å². The quantitative estimate of drug-likeness (QED) is 0.322. The summed E-state index contributed by atoms with van der Waals surface area (Å²) in [5.41, 5.74) is 0. The van der Waals surface area contributed by atoms with E-state index >= 15 is 0 Å². The zero-order valence-corrected chi connectivity index (χ0v) is 6.05. The van der Waals surface area contributed by atoms with Crippen molar-refractivity contribution in [3.05, 3.63) is 4.91 Å². The predicted molar refractivity (Wildman–Crippen MR) is 37.5 cm³/mol. The molecule has 0 spiro atoms. The number of aliphatic hydroxyl groups is 3. The van der Waals surface area contributed by atoms with Crippen LogP contribution in [0.3, 0.4) is 0 Å². The molecular formula is C5H12N2O4. The summed E-state index contributed by atoms with van der Waals surface area (Å²) in [6, 6.07) is 0. The van der Waals surface area contributed by atoms with E-state index in [9.17, 15) is 4.91 Å². The molecule has 1 atom stereocenters. The summed E-state index contributed by atoms with van der Waals surface area (Å²) in [6.45, 7) is -0.609. The van der Waals surface area contributed by atoms with Gasteiger partial charge in [-0.05, 0) is 0 Å². The Kier molecular flexibility index (Phi) is 5.63. The van der Waals surface area contributed by atoms with Gasteiger partial charge in [-0.15, -0.1) is 4.91 Å². The van der Waals surface area contributed by atoms with E-state index in [1.165, 1.54) is 0 Å². The molecule has 11 heavy (non-hydrogen) atoms. The highest BCUT2D eigenvalue weighted by Gasteiger charge is 2.08. The topological polar surface area (TPSA) is 93.4 Å². The van der Waals surface area contributed by atoms with Gasteiger partial charge in [0.15, 0.2) is 0 Å². The van der Waals surface area contributed by atoms with E-state index in [4.69, 9.17) is 15.3 Å². The van der Waals surface area contributed by atoms with Crippen LogP contribution in [0.1, 0.15) is 0 Å². The van der Waals surface area contributed by atoms with Crippen molar-refractivity contribution in [1.29, 1.82) is 0 Å². The summed E-state index contributed by atoms with van der Waals surface area (Å²) < 4.78 is 0. The zero-order valence-electron chi connectivity index (χ0n) is 6.05. The van der Waals surface area contributed by atoms with E-state index in [1.54, 1.807) is 0 Å². The molecule has 6 heteroatoms. The summed E-state index contributed by atoms with van der Waals surface area (Å²) in [4.78, 5) is 9.92. The molecule has 0 aliphatic rings. The molecule has 0 fully saturated rings. The molecule has 0 aromatic heterocycles. The van der Waals surface area contributed by atoms with E-state index in [2.05, 4.69) is 5.29 Å². The van der Waals surface area contributed by atoms with E-state index in [0.717, 1.165) is 5.01 Å². The highest BCUT2D eigenvalue weighted by Crippen LogP contribution is 1.91. The van der Waals surface area contributed by atoms with Crippen LogP contribution in [0.25, 0.3) is 0 Å². The lowest BCUT2D eigenvalue weighted by Crippen LogP contribution is -2.32. The number of nitrogens with zero attached hydrogens (tertiary/aromatic N) is 2. The molecule has 0 heterocycles. The highest BCUT2D eigenvalue weighted by molar-refractivity contribution is 4.58. The summed E-state index contributed by atoms with van der Waals surface area (Å²) in [5.74, 6) is 0. The maximum Gasteiger partial charge on any atom is 0.0963 e. The Morgan fingerprint density at radius 1 is 1.45 bits per heavy atom. The number of aliphatic hydroxyl groups excluding tert-OH is 3. The van der Waals surface area contributed by atoms with Crippen LogP contribution in [0.5, 0.6) is 0 Å². The van der Waals surface area contributed by atoms with Gasteiger partial charge in [0.1, 0.15) is 0 Å². The number of rotatable bonds is 6. The molecule has 0 radical (unpaired) electrons. The fourth-order valence-electron chi connectivity index (χ4n) is 0.582. The molecule has 0 aromatic carbocycles. The van der Waals surface area contributed by atoms with Crippen molar-refractivity contribution < 1.29 is 15.3 Å². The highest BCUT2D eigenvalue weighted by atomic mass is 16.3. The smallest absolute Gasteiger partial charge is 0.0963 e. The minimum atomic E-state index is -0.987. The second-order valence-electron chi connectivity index (χ2n) is 2.05. The second kappa shape index (κ2) is 6.02. The third-order valence-corrected chi connectivity index (χ3v) is 1.11. The first-order valence-electron chi connectivity index (χ1n) is 3.22. The number of nitroso groups, excluding NO2 is 1. The molecular weight excluding hydrogens is 152 g/mol. The largest absolute Gasteiger partial charge is 0.394 e. The molecule has 0 aromatic rings. The van der Waals surface area contributed by atoms with Gasteiger partial charge < -0.3 is 15.3 Å². The first kappa shape index (κ1) is 10.3. The Balaban J connectivity index is 3.58. The Hall–Kier alpha value is -0.720. The molecule has 0 amide bonds. The Labute approximate surface area is 64.0 Å². The van der Waals surface area contributed by atoms with Gasteiger partial charge in [-0.2, -0.15) is 0 Å². The average Bonchev–Trinajstić information content (AvgIpc) is 2.03. The minimum Gasteiger partial charge on any atom is -0.394 e. The maximum atomic E-state index is 9.92. The molecule has 1 unspecified atom stereocenters. The van der Waals surface area contributed by atoms with Crippen LogP contribution in [0, 0.1) is 4.91 Å². The van der Waals surface area contributed by atoms with Gasteiger partial charge in [-0.25, -0.2) is 0 Å². The van der Waals surface area contributed by atoms with Gasteiger partial charge in [0.25, 0.3) is 0 Å². The number of hydrogen-bond acceptors (Lipinski definition) is 5. The minimum absolute atomic E-state index is 0.0550. The monoisotopic (exact) mass is 164 g/mol. The Morgan fingerprint density at radius 2 is 2.09 bits per heavy atom. The van der Waals surface area contributed by atoms with Crippen LogP contribution < -0.4 is 0 Å². The van der Waals surface area contributed by atoms with Crippen molar-refractivity contribution in [3.63, 3.8) is 0 Å². The summed E-state index contributed by atoms with van der Waals surface area (Å²) in [7, 11) is 0. The van der Waals surface area contributed by atoms with Crippen molar-refractivity contribution in [1.82, 2.24) is 5.01 Å². The van der Waals surface area contributed by atoms with Gasteiger partial charge >= 0.3 is 0 Å². The lowest BCUT2D eigenvalue weighted by molar-refractivity contribution is 0.0539. The summed E-state index contributed by atoms with van der Waals surface area (Å²) in [6.07, 6.45) is -0.987. The van der Waals surface area contributed by atoms with Crippen molar-refractivity contribution in [2.75, 3.05) is 26.3 Å². The fraction of sp³-hybridized carbons (Fsp3) is 1.00. The van der Waals surface area contributed by atoms with E-state index in [0.29, 0.717) is 0 Å². The van der Waals surface area contributed by atoms with Crippen LogP contribution in [-0.4, -0.2) is 52.7 Å². The van der Waals surface area contributed by atoms with Crippen LogP contribution in [0.2, 0.25) is 0 Å². The van der Waals surface area contributed by atoms with Gasteiger partial charge in [0.2, 0.25) is 0 Å². The standard InChI is InChI=1S/C5H12N2O4/c8-2-1-7(6-11)3-5(10)4-9/h5,8-10H,1-4H2. The molecule has 0 aliphatic heterocycles. The maximum absolute atomic E-state index is 9.92. The van der Waals surface area contributed by atoms with Crippen molar-refractivity contribution in [2.24, 2.45) is 5.29 Å². The average molecular weight is 164 g/mol. The zero-order chi connectivity index (χ0) is 8.69. The molecule has 0 saturated heterocycles. The summed E-state index contributed by atoms with van der Waals surface area (Å²) in [5, 5.41) is 29.0. The molecule has 0 bridgehead atoms. The lowest BCUT2D eigenvalue weighted by atomic mass is 10.4. The van der Waals surface area contributed by atoms with Crippen LogP contribution in [0.4, 0.5) is 0 Å². The second-order valence-corrected chi connectivity index (χ2v) is 2.05. The first-order chi connectivity index (χ1) is 5.24. The van der Waals surface area contributed by atoms with Gasteiger partial charge in [-0.3, -0.25) is 5.01 Å². The van der Waals surface area contributed by atoms with Gasteiger partial charge in [-0.1, -0.05) is 0 Å². The molecule has 6 nitrogen and oxygen atoms in total. The van der Waals surface area contributed by atoms with Gasteiger partial charge in [0, 0.05) is 0 Å². The molecule has 0 aliphatic carbocycles. The van der Waals surface area contributed by atoms with Crippen LogP contribution in [-0.2, 0) is 0 Å². The third-order valence-electron chi connectivity index (χ3n) is 1.11. The van der Waals surface area contributed by atoms with E-state index in [-0.39, 0.29) is 19.7 Å². The van der Waals surface area contributed by atoms with E-state index < -0.39 is 12.7 Å². The molecule has 0 saturated carbocycles. The Morgan fingerprint density at radius 3 is 2.45 bits per heavy atom. The fourth-order valence-corrected chi connectivity index (χ4v) is 0.582. The van der Waals surface area contributed by atoms with Crippen molar-refractivity contribution in [2.45, 2.75) is 6.10 Å². The summed E-state index contributed by atoms with van der Waals surface area (Å²) >= 11 is 0. The predicted octanol–water partition coefficient (Wildman–Crippen LogP) is -1.68. The van der Waals surface area contributed by atoms with Crippen molar-refractivity contribution >= 4 is 0 Å². The van der Waals surface area contributed by atoms with Crippen LogP contribution in [0.15, 0.2) is 5.29 Å². The van der Waals surface area contributed by atoms with E-state index in [1.807, 2.05) is 0 Å².